The highest BCUT2D eigenvalue weighted by Gasteiger charge is 2.18. The molecule has 0 aromatic heterocycles. The summed E-state index contributed by atoms with van der Waals surface area (Å²) in [6.45, 7) is 4.98. The van der Waals surface area contributed by atoms with Gasteiger partial charge in [-0.05, 0) is 13.5 Å². The average molecular weight is 285 g/mol. The largest absolute Gasteiger partial charge is 0.454 e. The van der Waals surface area contributed by atoms with Crippen molar-refractivity contribution in [1.82, 2.24) is 5.32 Å². The summed E-state index contributed by atoms with van der Waals surface area (Å²) >= 11 is 6.08. The van der Waals surface area contributed by atoms with Crippen molar-refractivity contribution >= 4 is 23.2 Å². The summed E-state index contributed by atoms with van der Waals surface area (Å²) in [5.41, 5.74) is 0.541. The predicted molar refractivity (Wildman–Crippen MR) is 74.0 cm³/mol. The van der Waals surface area contributed by atoms with Gasteiger partial charge in [0.05, 0.1) is 10.7 Å². The summed E-state index contributed by atoms with van der Waals surface area (Å²) in [5.74, 6) is 1.11. The van der Waals surface area contributed by atoms with Gasteiger partial charge in [0, 0.05) is 24.6 Å². The first-order valence-electron chi connectivity index (χ1n) is 6.22. The van der Waals surface area contributed by atoms with Crippen LogP contribution in [0, 0.1) is 0 Å². The van der Waals surface area contributed by atoms with Crippen LogP contribution in [0.3, 0.4) is 0 Å². The van der Waals surface area contributed by atoms with Crippen LogP contribution in [0.1, 0.15) is 20.3 Å². The summed E-state index contributed by atoms with van der Waals surface area (Å²) in [5, 5.41) is 6.40. The van der Waals surface area contributed by atoms with Gasteiger partial charge in [0.25, 0.3) is 0 Å². The van der Waals surface area contributed by atoms with Crippen molar-refractivity contribution in [2.75, 3.05) is 18.7 Å². The third-order valence-electron chi connectivity index (χ3n) is 2.78. The zero-order valence-corrected chi connectivity index (χ0v) is 11.7. The highest BCUT2D eigenvalue weighted by atomic mass is 35.5. The molecule has 1 aromatic carbocycles. The van der Waals surface area contributed by atoms with Gasteiger partial charge in [-0.2, -0.15) is 0 Å². The van der Waals surface area contributed by atoms with E-state index in [1.807, 2.05) is 13.8 Å². The van der Waals surface area contributed by atoms with Crippen molar-refractivity contribution in [2.45, 2.75) is 26.3 Å². The minimum absolute atomic E-state index is 0.0887. The molecule has 104 valence electrons. The van der Waals surface area contributed by atoms with Crippen LogP contribution in [0.4, 0.5) is 5.69 Å². The quantitative estimate of drug-likeness (QED) is 0.872. The standard InChI is InChI=1S/C13H17ClN2O3/c1-3-15-8(2)4-13(17)16-10-6-12-11(5-9(10)14)18-7-19-12/h5-6,8,15H,3-4,7H2,1-2H3,(H,16,17). The van der Waals surface area contributed by atoms with Gasteiger partial charge in [0.2, 0.25) is 12.7 Å². The first-order valence-corrected chi connectivity index (χ1v) is 6.60. The van der Waals surface area contributed by atoms with Gasteiger partial charge in [-0.25, -0.2) is 0 Å². The molecule has 6 heteroatoms. The monoisotopic (exact) mass is 284 g/mol. The van der Waals surface area contributed by atoms with Gasteiger partial charge < -0.3 is 20.1 Å². The molecule has 1 heterocycles. The molecule has 1 atom stereocenters. The Balaban J connectivity index is 2.01. The molecule has 0 saturated carbocycles. The number of hydrogen-bond donors (Lipinski definition) is 2. The molecule has 0 bridgehead atoms. The van der Waals surface area contributed by atoms with Gasteiger partial charge in [0.1, 0.15) is 0 Å². The Kier molecular flexibility index (Phi) is 4.50. The van der Waals surface area contributed by atoms with Crippen molar-refractivity contribution in [3.63, 3.8) is 0 Å². The fourth-order valence-electron chi connectivity index (χ4n) is 1.91. The molecule has 0 aliphatic carbocycles. The number of benzene rings is 1. The van der Waals surface area contributed by atoms with Gasteiger partial charge in [-0.15, -0.1) is 0 Å². The molecule has 5 nitrogen and oxygen atoms in total. The number of amides is 1. The molecular formula is C13H17ClN2O3. The summed E-state index contributed by atoms with van der Waals surface area (Å²) in [4.78, 5) is 11.9. The lowest BCUT2D eigenvalue weighted by Crippen LogP contribution is -2.30. The number of carbonyl (C=O) groups excluding carboxylic acids is 1. The molecule has 1 aromatic rings. The minimum Gasteiger partial charge on any atom is -0.454 e. The van der Waals surface area contributed by atoms with Crippen molar-refractivity contribution in [3.8, 4) is 11.5 Å². The fraction of sp³-hybridized carbons (Fsp3) is 0.462. The summed E-state index contributed by atoms with van der Waals surface area (Å²) < 4.78 is 10.5. The van der Waals surface area contributed by atoms with E-state index in [0.717, 1.165) is 6.54 Å². The van der Waals surface area contributed by atoms with Crippen molar-refractivity contribution in [1.29, 1.82) is 0 Å². The Morgan fingerprint density at radius 1 is 1.42 bits per heavy atom. The van der Waals surface area contributed by atoms with E-state index in [9.17, 15) is 4.79 Å². The maximum absolute atomic E-state index is 11.9. The van der Waals surface area contributed by atoms with E-state index in [1.165, 1.54) is 0 Å². The van der Waals surface area contributed by atoms with Crippen LogP contribution in [0.15, 0.2) is 12.1 Å². The van der Waals surface area contributed by atoms with Crippen LogP contribution >= 0.6 is 11.6 Å². The highest BCUT2D eigenvalue weighted by Crippen LogP contribution is 2.39. The molecule has 0 saturated heterocycles. The number of ether oxygens (including phenoxy) is 2. The van der Waals surface area contributed by atoms with Gasteiger partial charge in [-0.1, -0.05) is 18.5 Å². The number of fused-ring (bicyclic) bond motifs is 1. The Morgan fingerprint density at radius 3 is 2.79 bits per heavy atom. The van der Waals surface area contributed by atoms with Gasteiger partial charge in [0.15, 0.2) is 11.5 Å². The number of halogens is 1. The summed E-state index contributed by atoms with van der Waals surface area (Å²) in [6.07, 6.45) is 0.388. The van der Waals surface area contributed by atoms with E-state index in [0.29, 0.717) is 28.6 Å². The van der Waals surface area contributed by atoms with Gasteiger partial charge in [-0.3, -0.25) is 4.79 Å². The second-order valence-corrected chi connectivity index (χ2v) is 4.80. The minimum atomic E-state index is -0.0887. The molecule has 0 spiro atoms. The van der Waals surface area contributed by atoms with Crippen molar-refractivity contribution in [2.24, 2.45) is 0 Å². The lowest BCUT2D eigenvalue weighted by Gasteiger charge is -2.13. The Labute approximate surface area is 117 Å². The van der Waals surface area contributed by atoms with Crippen LogP contribution in [0.5, 0.6) is 11.5 Å². The fourth-order valence-corrected chi connectivity index (χ4v) is 2.11. The first-order chi connectivity index (χ1) is 9.10. The maximum atomic E-state index is 11.9. The number of hydrogen-bond acceptors (Lipinski definition) is 4. The number of nitrogens with one attached hydrogen (secondary N) is 2. The molecule has 2 rings (SSSR count). The Hall–Kier alpha value is -1.46. The predicted octanol–water partition coefficient (Wildman–Crippen LogP) is 2.40. The number of anilines is 1. The molecule has 1 amide bonds. The van der Waals surface area contributed by atoms with Crippen molar-refractivity contribution in [3.05, 3.63) is 17.2 Å². The molecule has 0 radical (unpaired) electrons. The molecule has 1 aliphatic heterocycles. The zero-order valence-electron chi connectivity index (χ0n) is 11.0. The molecular weight excluding hydrogens is 268 g/mol. The van der Waals surface area contributed by atoms with Crippen LogP contribution in [-0.2, 0) is 4.79 Å². The third kappa shape index (κ3) is 3.52. The molecule has 19 heavy (non-hydrogen) atoms. The maximum Gasteiger partial charge on any atom is 0.231 e. The van der Waals surface area contributed by atoms with E-state index in [-0.39, 0.29) is 18.7 Å². The van der Waals surface area contributed by atoms with E-state index in [2.05, 4.69) is 10.6 Å². The normalized spacial score (nSPS) is 14.3. The second-order valence-electron chi connectivity index (χ2n) is 4.40. The molecule has 1 unspecified atom stereocenters. The topological polar surface area (TPSA) is 59.6 Å². The second kappa shape index (κ2) is 6.12. The van der Waals surface area contributed by atoms with E-state index >= 15 is 0 Å². The third-order valence-corrected chi connectivity index (χ3v) is 3.09. The lowest BCUT2D eigenvalue weighted by molar-refractivity contribution is -0.116. The zero-order chi connectivity index (χ0) is 13.8. The average Bonchev–Trinajstić information content (AvgIpc) is 2.76. The van der Waals surface area contributed by atoms with Crippen LogP contribution in [0.25, 0.3) is 0 Å². The smallest absolute Gasteiger partial charge is 0.231 e. The van der Waals surface area contributed by atoms with Crippen LogP contribution < -0.4 is 20.1 Å². The van der Waals surface area contributed by atoms with E-state index < -0.39 is 0 Å². The molecule has 1 aliphatic rings. The van der Waals surface area contributed by atoms with Crippen LogP contribution in [0.2, 0.25) is 5.02 Å². The number of rotatable bonds is 5. The SMILES string of the molecule is CCNC(C)CC(=O)Nc1cc2c(cc1Cl)OCO2. The van der Waals surface area contributed by atoms with E-state index in [1.54, 1.807) is 12.1 Å². The summed E-state index contributed by atoms with van der Waals surface area (Å²) in [7, 11) is 0. The first kappa shape index (κ1) is 14.0. The lowest BCUT2D eigenvalue weighted by atomic mass is 10.2. The Morgan fingerprint density at radius 2 is 2.11 bits per heavy atom. The van der Waals surface area contributed by atoms with Crippen molar-refractivity contribution < 1.29 is 14.3 Å². The molecule has 0 fully saturated rings. The highest BCUT2D eigenvalue weighted by molar-refractivity contribution is 6.34. The van der Waals surface area contributed by atoms with Crippen LogP contribution in [-0.4, -0.2) is 25.3 Å². The molecule has 2 N–H and O–H groups in total. The number of carbonyl (C=O) groups is 1. The Bertz CT molecular complexity index is 479. The summed E-state index contributed by atoms with van der Waals surface area (Å²) in [6, 6.07) is 3.45. The van der Waals surface area contributed by atoms with E-state index in [4.69, 9.17) is 21.1 Å². The van der Waals surface area contributed by atoms with Gasteiger partial charge >= 0.3 is 0 Å².